The van der Waals surface area contributed by atoms with Gasteiger partial charge in [-0.15, -0.1) is 0 Å². The molecular formula is C19H25N3O2. The van der Waals surface area contributed by atoms with E-state index >= 15 is 0 Å². The second-order valence-corrected chi connectivity index (χ2v) is 6.54. The zero-order valence-electron chi connectivity index (χ0n) is 14.1. The van der Waals surface area contributed by atoms with Crippen LogP contribution >= 0.6 is 0 Å². The topological polar surface area (TPSA) is 67.2 Å². The number of aryl methyl sites for hydroxylation is 1. The normalized spacial score (nSPS) is 17.6. The highest BCUT2D eigenvalue weighted by Gasteiger charge is 2.46. The van der Waals surface area contributed by atoms with Crippen molar-refractivity contribution in [2.24, 2.45) is 5.92 Å². The molecule has 0 radical (unpaired) electrons. The molecule has 2 aromatic rings. The third-order valence-corrected chi connectivity index (χ3v) is 5.07. The van der Waals surface area contributed by atoms with E-state index in [1.807, 2.05) is 48.0 Å². The van der Waals surface area contributed by atoms with Crippen LogP contribution in [0, 0.1) is 12.8 Å². The van der Waals surface area contributed by atoms with Crippen LogP contribution in [0.4, 0.5) is 0 Å². The lowest BCUT2D eigenvalue weighted by atomic mass is 9.79. The van der Waals surface area contributed by atoms with Crippen molar-refractivity contribution in [3.05, 3.63) is 54.1 Å². The highest BCUT2D eigenvalue weighted by molar-refractivity contribution is 5.86. The lowest BCUT2D eigenvalue weighted by Crippen LogP contribution is -2.49. The first-order chi connectivity index (χ1) is 11.6. The summed E-state index contributed by atoms with van der Waals surface area (Å²) >= 11 is 0. The van der Waals surface area contributed by atoms with E-state index in [1.165, 1.54) is 0 Å². The Bertz CT molecular complexity index is 677. The number of imidazole rings is 1. The minimum Gasteiger partial charge on any atom is -0.375 e. The van der Waals surface area contributed by atoms with Gasteiger partial charge in [-0.25, -0.2) is 4.98 Å². The smallest absolute Gasteiger partial charge is 0.256 e. The molecule has 2 N–H and O–H groups in total. The number of aromatic nitrogens is 2. The summed E-state index contributed by atoms with van der Waals surface area (Å²) in [6.45, 7) is 3.05. The fourth-order valence-corrected chi connectivity index (χ4v) is 3.65. The van der Waals surface area contributed by atoms with Gasteiger partial charge in [-0.3, -0.25) is 4.79 Å². The van der Waals surface area contributed by atoms with Crippen molar-refractivity contribution in [2.75, 3.05) is 6.54 Å². The van der Waals surface area contributed by atoms with Crippen molar-refractivity contribution >= 4 is 5.91 Å². The van der Waals surface area contributed by atoms with Crippen molar-refractivity contribution in [3.63, 3.8) is 0 Å². The number of nitrogens with one attached hydrogen (secondary N) is 1. The molecule has 1 aliphatic rings. The summed E-state index contributed by atoms with van der Waals surface area (Å²) < 4.78 is 1.98. The Morgan fingerprint density at radius 3 is 2.67 bits per heavy atom. The third kappa shape index (κ3) is 3.22. The first-order valence-corrected chi connectivity index (χ1v) is 8.66. The summed E-state index contributed by atoms with van der Waals surface area (Å²) in [7, 11) is 0. The Hall–Kier alpha value is -2.14. The molecule has 0 bridgehead atoms. The quantitative estimate of drug-likeness (QED) is 0.856. The Morgan fingerprint density at radius 2 is 2.04 bits per heavy atom. The Balaban J connectivity index is 1.73. The summed E-state index contributed by atoms with van der Waals surface area (Å²) in [4.78, 5) is 17.1. The molecule has 0 saturated heterocycles. The Labute approximate surface area is 142 Å². The van der Waals surface area contributed by atoms with E-state index in [0.29, 0.717) is 18.7 Å². The van der Waals surface area contributed by atoms with Gasteiger partial charge in [0.2, 0.25) is 0 Å². The van der Waals surface area contributed by atoms with Crippen LogP contribution in [0.25, 0.3) is 0 Å². The largest absolute Gasteiger partial charge is 0.375 e. The summed E-state index contributed by atoms with van der Waals surface area (Å²) in [6.07, 6.45) is 7.55. The van der Waals surface area contributed by atoms with E-state index in [0.717, 1.165) is 31.5 Å². The molecule has 1 amide bonds. The van der Waals surface area contributed by atoms with Gasteiger partial charge >= 0.3 is 0 Å². The number of hydrogen-bond acceptors (Lipinski definition) is 3. The summed E-state index contributed by atoms with van der Waals surface area (Å²) in [6, 6.07) is 9.34. The summed E-state index contributed by atoms with van der Waals surface area (Å²) in [5.74, 6) is 0.603. The van der Waals surface area contributed by atoms with Crippen LogP contribution in [0.2, 0.25) is 0 Å². The van der Waals surface area contributed by atoms with Crippen LogP contribution in [-0.2, 0) is 16.9 Å². The van der Waals surface area contributed by atoms with E-state index in [2.05, 4.69) is 10.3 Å². The van der Waals surface area contributed by atoms with Gasteiger partial charge in [-0.1, -0.05) is 43.2 Å². The Morgan fingerprint density at radius 1 is 1.33 bits per heavy atom. The molecule has 1 aromatic carbocycles. The Kier molecular flexibility index (Phi) is 5.00. The first kappa shape index (κ1) is 16.7. The van der Waals surface area contributed by atoms with Crippen molar-refractivity contribution in [1.29, 1.82) is 0 Å². The lowest BCUT2D eigenvalue weighted by molar-refractivity contribution is -0.147. The molecule has 1 fully saturated rings. The van der Waals surface area contributed by atoms with Crippen LogP contribution in [0.5, 0.6) is 0 Å². The molecule has 5 nitrogen and oxygen atoms in total. The van der Waals surface area contributed by atoms with Gasteiger partial charge in [-0.05, 0) is 25.3 Å². The second kappa shape index (κ2) is 7.18. The fourth-order valence-electron chi connectivity index (χ4n) is 3.65. The highest BCUT2D eigenvalue weighted by atomic mass is 16.3. The van der Waals surface area contributed by atoms with E-state index in [-0.39, 0.29) is 11.8 Å². The molecule has 24 heavy (non-hydrogen) atoms. The number of carbonyl (C=O) groups is 1. The predicted molar refractivity (Wildman–Crippen MR) is 92.3 cm³/mol. The van der Waals surface area contributed by atoms with E-state index in [4.69, 9.17) is 0 Å². The standard InChI is InChI=1S/C19H25N3O2/c1-15-20-11-13-22(15)14-12-21-18(23)19(24,17-9-5-6-10-17)16-7-3-2-4-8-16/h2-4,7-8,11,13,17,24H,5-6,9-10,12,14H2,1H3,(H,21,23)/t19-/m1/s1. The zero-order chi connectivity index (χ0) is 17.0. The maximum atomic E-state index is 12.9. The van der Waals surface area contributed by atoms with E-state index < -0.39 is 5.60 Å². The molecule has 1 aliphatic carbocycles. The summed E-state index contributed by atoms with van der Waals surface area (Å²) in [5, 5.41) is 14.3. The molecule has 0 spiro atoms. The van der Waals surface area contributed by atoms with Gasteiger partial charge in [0, 0.05) is 31.4 Å². The lowest BCUT2D eigenvalue weighted by Gasteiger charge is -2.33. The number of amides is 1. The molecule has 1 aromatic heterocycles. The fraction of sp³-hybridized carbons (Fsp3) is 0.474. The SMILES string of the molecule is Cc1nccn1CCNC(=O)[C@@](O)(c1ccccc1)C1CCCC1. The minimum atomic E-state index is -1.44. The number of carbonyl (C=O) groups excluding carboxylic acids is 1. The van der Waals surface area contributed by atoms with Crippen LogP contribution in [-0.4, -0.2) is 27.1 Å². The highest BCUT2D eigenvalue weighted by Crippen LogP contribution is 2.40. The van der Waals surface area contributed by atoms with Gasteiger partial charge in [-0.2, -0.15) is 0 Å². The van der Waals surface area contributed by atoms with Crippen LogP contribution in [0.15, 0.2) is 42.7 Å². The maximum absolute atomic E-state index is 12.9. The average Bonchev–Trinajstić information content (AvgIpc) is 3.27. The maximum Gasteiger partial charge on any atom is 0.256 e. The molecule has 0 unspecified atom stereocenters. The van der Waals surface area contributed by atoms with Crippen molar-refractivity contribution in [3.8, 4) is 0 Å². The molecule has 1 saturated carbocycles. The third-order valence-electron chi connectivity index (χ3n) is 5.07. The van der Waals surface area contributed by atoms with Crippen LogP contribution in [0.1, 0.15) is 37.1 Å². The van der Waals surface area contributed by atoms with Gasteiger partial charge < -0.3 is 15.0 Å². The average molecular weight is 327 g/mol. The van der Waals surface area contributed by atoms with Crippen molar-refractivity contribution in [2.45, 2.75) is 44.8 Å². The monoisotopic (exact) mass is 327 g/mol. The van der Waals surface area contributed by atoms with E-state index in [1.54, 1.807) is 6.20 Å². The minimum absolute atomic E-state index is 0.0186. The van der Waals surface area contributed by atoms with Gasteiger partial charge in [0.25, 0.3) is 5.91 Å². The summed E-state index contributed by atoms with van der Waals surface area (Å²) in [5.41, 5.74) is -0.755. The number of nitrogens with zero attached hydrogens (tertiary/aromatic N) is 2. The molecule has 128 valence electrons. The van der Waals surface area contributed by atoms with Gasteiger partial charge in [0.15, 0.2) is 5.60 Å². The first-order valence-electron chi connectivity index (χ1n) is 8.66. The molecule has 1 atom stereocenters. The number of hydrogen-bond donors (Lipinski definition) is 2. The van der Waals surface area contributed by atoms with Crippen molar-refractivity contribution in [1.82, 2.24) is 14.9 Å². The molecule has 3 rings (SSSR count). The second-order valence-electron chi connectivity index (χ2n) is 6.54. The van der Waals surface area contributed by atoms with Crippen LogP contribution in [0.3, 0.4) is 0 Å². The van der Waals surface area contributed by atoms with Gasteiger partial charge in [0.1, 0.15) is 5.82 Å². The zero-order valence-corrected chi connectivity index (χ0v) is 14.1. The van der Waals surface area contributed by atoms with Crippen LogP contribution < -0.4 is 5.32 Å². The van der Waals surface area contributed by atoms with E-state index in [9.17, 15) is 9.90 Å². The molecular weight excluding hydrogens is 302 g/mol. The van der Waals surface area contributed by atoms with Gasteiger partial charge in [0.05, 0.1) is 0 Å². The predicted octanol–water partition coefficient (Wildman–Crippen LogP) is 2.39. The number of rotatable bonds is 6. The molecule has 1 heterocycles. The number of aliphatic hydroxyl groups is 1. The van der Waals surface area contributed by atoms with Crippen molar-refractivity contribution < 1.29 is 9.90 Å². The molecule has 5 heteroatoms. The number of benzene rings is 1. The molecule has 0 aliphatic heterocycles.